The molecule has 0 aliphatic rings. The Morgan fingerprint density at radius 3 is 2.32 bits per heavy atom. The first-order valence-electron chi connectivity index (χ1n) is 4.51. The fraction of sp³-hybridized carbons (Fsp3) is 0.222. The number of hydrogen-bond acceptors (Lipinski definition) is 4. The van der Waals surface area contributed by atoms with E-state index in [0.29, 0.717) is 6.07 Å². The third-order valence-corrected chi connectivity index (χ3v) is 3.00. The maximum absolute atomic E-state index is 12.5. The molecular weight excluding hydrogens is 339 g/mol. The van der Waals surface area contributed by atoms with Crippen LogP contribution in [0.5, 0.6) is 0 Å². The van der Waals surface area contributed by atoms with Crippen LogP contribution in [0, 0.1) is 10.1 Å². The van der Waals surface area contributed by atoms with Crippen LogP contribution >= 0.6 is 15.9 Å². The molecule has 0 amide bonds. The number of halogens is 4. The molecule has 6 nitrogen and oxygen atoms in total. The summed E-state index contributed by atoms with van der Waals surface area (Å²) in [6, 6.07) is 0.595. The van der Waals surface area contributed by atoms with E-state index < -0.39 is 44.5 Å². The number of carbonyl (C=O) groups is 1. The molecule has 2 N–H and O–H groups in total. The molecule has 19 heavy (non-hydrogen) atoms. The van der Waals surface area contributed by atoms with Crippen molar-refractivity contribution < 1.29 is 33.1 Å². The molecule has 1 rings (SSSR count). The van der Waals surface area contributed by atoms with Gasteiger partial charge in [-0.2, -0.15) is 13.2 Å². The quantitative estimate of drug-likeness (QED) is 0.648. The lowest BCUT2D eigenvalue weighted by atomic mass is 10.0. The van der Waals surface area contributed by atoms with Gasteiger partial charge >= 0.3 is 12.1 Å². The summed E-state index contributed by atoms with van der Waals surface area (Å²) in [6.07, 6.45) is -7.21. The van der Waals surface area contributed by atoms with Gasteiger partial charge in [0.25, 0.3) is 5.69 Å². The summed E-state index contributed by atoms with van der Waals surface area (Å²) in [5, 5.41) is 28.4. The molecular formula is C9H5BrF3NO5. The molecule has 0 saturated heterocycles. The van der Waals surface area contributed by atoms with Gasteiger partial charge in [-0.05, 0) is 22.0 Å². The largest absolute Gasteiger partial charge is 0.479 e. The Morgan fingerprint density at radius 1 is 1.42 bits per heavy atom. The summed E-state index contributed by atoms with van der Waals surface area (Å²) in [7, 11) is 0. The minimum Gasteiger partial charge on any atom is -0.479 e. The van der Waals surface area contributed by atoms with Crippen LogP contribution in [0.2, 0.25) is 0 Å². The molecule has 0 saturated carbocycles. The van der Waals surface area contributed by atoms with Crippen LogP contribution in [0.4, 0.5) is 18.9 Å². The highest BCUT2D eigenvalue weighted by molar-refractivity contribution is 9.10. The van der Waals surface area contributed by atoms with Gasteiger partial charge in [-0.25, -0.2) is 4.79 Å². The van der Waals surface area contributed by atoms with E-state index in [2.05, 4.69) is 15.9 Å². The van der Waals surface area contributed by atoms with Crippen molar-refractivity contribution in [2.24, 2.45) is 0 Å². The maximum Gasteiger partial charge on any atom is 0.416 e. The lowest BCUT2D eigenvalue weighted by Crippen LogP contribution is -2.14. The highest BCUT2D eigenvalue weighted by Gasteiger charge is 2.36. The molecule has 0 aromatic heterocycles. The smallest absolute Gasteiger partial charge is 0.416 e. The van der Waals surface area contributed by atoms with Crippen LogP contribution in [0.1, 0.15) is 17.2 Å². The van der Waals surface area contributed by atoms with E-state index in [1.165, 1.54) is 0 Å². The SMILES string of the molecule is O=C(O)C(O)c1cc(C(F)(F)F)cc([N+](=O)[O-])c1Br. The molecule has 104 valence electrons. The molecule has 0 heterocycles. The van der Waals surface area contributed by atoms with E-state index in [1.54, 1.807) is 0 Å². The van der Waals surface area contributed by atoms with Crippen LogP contribution in [0.15, 0.2) is 16.6 Å². The lowest BCUT2D eigenvalue weighted by Gasteiger charge is -2.13. The zero-order valence-electron chi connectivity index (χ0n) is 8.81. The molecule has 0 aliphatic heterocycles. The predicted octanol–water partition coefficient (Wildman–Crippen LogP) is 2.49. The van der Waals surface area contributed by atoms with Gasteiger partial charge in [0.05, 0.1) is 10.5 Å². The zero-order valence-corrected chi connectivity index (χ0v) is 10.4. The number of hydrogen-bond donors (Lipinski definition) is 2. The minimum atomic E-state index is -4.90. The zero-order chi connectivity index (χ0) is 15.0. The second kappa shape index (κ2) is 5.13. The number of rotatable bonds is 3. The molecule has 1 atom stereocenters. The van der Waals surface area contributed by atoms with Crippen molar-refractivity contribution in [1.29, 1.82) is 0 Å². The first kappa shape index (κ1) is 15.4. The number of nitrogens with zero attached hydrogens (tertiary/aromatic N) is 1. The molecule has 1 aromatic carbocycles. The summed E-state index contributed by atoms with van der Waals surface area (Å²) >= 11 is 2.62. The van der Waals surface area contributed by atoms with Crippen molar-refractivity contribution in [1.82, 2.24) is 0 Å². The van der Waals surface area contributed by atoms with Crippen LogP contribution in [-0.4, -0.2) is 21.1 Å². The third kappa shape index (κ3) is 3.20. The van der Waals surface area contributed by atoms with Crippen LogP contribution in [-0.2, 0) is 11.0 Å². The number of alkyl halides is 3. The highest BCUT2D eigenvalue weighted by Crippen LogP contribution is 2.39. The average molecular weight is 344 g/mol. The first-order valence-corrected chi connectivity index (χ1v) is 5.31. The van der Waals surface area contributed by atoms with Gasteiger partial charge in [0, 0.05) is 11.6 Å². The first-order chi connectivity index (χ1) is 8.55. The number of nitro benzene ring substituents is 1. The van der Waals surface area contributed by atoms with E-state index in [4.69, 9.17) is 5.11 Å². The van der Waals surface area contributed by atoms with E-state index in [-0.39, 0.29) is 6.07 Å². The molecule has 0 bridgehead atoms. The highest BCUT2D eigenvalue weighted by atomic mass is 79.9. The fourth-order valence-corrected chi connectivity index (χ4v) is 1.85. The number of carboxylic acid groups (broad SMARTS) is 1. The Kier molecular flexibility index (Phi) is 4.15. The maximum atomic E-state index is 12.5. The predicted molar refractivity (Wildman–Crippen MR) is 58.4 cm³/mol. The number of benzene rings is 1. The second-order valence-corrected chi connectivity index (χ2v) is 4.19. The minimum absolute atomic E-state index is 0.252. The molecule has 1 unspecified atom stereocenters. The number of nitro groups is 1. The van der Waals surface area contributed by atoms with Gasteiger partial charge < -0.3 is 10.2 Å². The standard InChI is InChI=1S/C9H5BrF3NO5/c10-6-4(7(15)8(16)17)1-3(9(11,12)13)2-5(6)14(18)19/h1-2,7,15H,(H,16,17). The van der Waals surface area contributed by atoms with E-state index in [1.807, 2.05) is 0 Å². The number of aliphatic carboxylic acids is 1. The normalized spacial score (nSPS) is 13.1. The Labute approximate surface area is 111 Å². The molecule has 10 heteroatoms. The number of aliphatic hydroxyl groups is 1. The summed E-state index contributed by atoms with van der Waals surface area (Å²) in [4.78, 5) is 20.1. The van der Waals surface area contributed by atoms with Crippen molar-refractivity contribution in [3.8, 4) is 0 Å². The molecule has 0 radical (unpaired) electrons. The Morgan fingerprint density at radius 2 is 1.95 bits per heavy atom. The van der Waals surface area contributed by atoms with Crippen molar-refractivity contribution in [2.45, 2.75) is 12.3 Å². The van der Waals surface area contributed by atoms with Gasteiger partial charge in [-0.3, -0.25) is 10.1 Å². The Bertz CT molecular complexity index is 545. The van der Waals surface area contributed by atoms with Gasteiger partial charge in [0.1, 0.15) is 4.47 Å². The van der Waals surface area contributed by atoms with Gasteiger partial charge in [0.2, 0.25) is 0 Å². The Balaban J connectivity index is 3.58. The van der Waals surface area contributed by atoms with Crippen LogP contribution < -0.4 is 0 Å². The summed E-state index contributed by atoms with van der Waals surface area (Å²) in [6.45, 7) is 0. The van der Waals surface area contributed by atoms with Crippen molar-refractivity contribution >= 4 is 27.6 Å². The molecule has 0 fully saturated rings. The van der Waals surface area contributed by atoms with E-state index >= 15 is 0 Å². The number of carboxylic acids is 1. The van der Waals surface area contributed by atoms with Gasteiger partial charge in [-0.1, -0.05) is 0 Å². The van der Waals surface area contributed by atoms with Gasteiger partial charge in [-0.15, -0.1) is 0 Å². The van der Waals surface area contributed by atoms with Crippen molar-refractivity contribution in [3.05, 3.63) is 37.8 Å². The molecule has 0 aliphatic carbocycles. The van der Waals surface area contributed by atoms with Crippen LogP contribution in [0.3, 0.4) is 0 Å². The second-order valence-electron chi connectivity index (χ2n) is 3.39. The van der Waals surface area contributed by atoms with E-state index in [9.17, 15) is 33.2 Å². The Hall–Kier alpha value is -1.68. The lowest BCUT2D eigenvalue weighted by molar-refractivity contribution is -0.386. The van der Waals surface area contributed by atoms with Crippen molar-refractivity contribution in [3.63, 3.8) is 0 Å². The summed E-state index contributed by atoms with van der Waals surface area (Å²) in [5.41, 5.74) is -3.14. The molecule has 1 aromatic rings. The average Bonchev–Trinajstić information content (AvgIpc) is 2.26. The van der Waals surface area contributed by atoms with E-state index in [0.717, 1.165) is 0 Å². The van der Waals surface area contributed by atoms with Crippen LogP contribution in [0.25, 0.3) is 0 Å². The summed E-state index contributed by atoms with van der Waals surface area (Å²) < 4.78 is 37.1. The molecule has 0 spiro atoms. The number of aliphatic hydroxyl groups excluding tert-OH is 1. The topological polar surface area (TPSA) is 101 Å². The van der Waals surface area contributed by atoms with Crippen molar-refractivity contribution in [2.75, 3.05) is 0 Å². The monoisotopic (exact) mass is 343 g/mol. The fourth-order valence-electron chi connectivity index (χ4n) is 1.26. The van der Waals surface area contributed by atoms with Gasteiger partial charge in [0.15, 0.2) is 6.10 Å². The summed E-state index contributed by atoms with van der Waals surface area (Å²) in [5.74, 6) is -1.82. The third-order valence-electron chi connectivity index (χ3n) is 2.13.